The van der Waals surface area contributed by atoms with Crippen LogP contribution in [0, 0.1) is 4.64 Å². The minimum Gasteiger partial charge on any atom is -0.353 e. The predicted molar refractivity (Wildman–Crippen MR) is 65.4 cm³/mol. The van der Waals surface area contributed by atoms with Crippen molar-refractivity contribution in [3.63, 3.8) is 0 Å². The van der Waals surface area contributed by atoms with Gasteiger partial charge in [-0.1, -0.05) is 18.3 Å². The van der Waals surface area contributed by atoms with Crippen LogP contribution in [0.2, 0.25) is 0 Å². The summed E-state index contributed by atoms with van der Waals surface area (Å²) in [4.78, 5) is 5.69. The molecule has 1 N–H and O–H groups in total. The smallest absolute Gasteiger partial charge is 0.103 e. The van der Waals surface area contributed by atoms with Gasteiger partial charge in [0.25, 0.3) is 0 Å². The second-order valence-corrected chi connectivity index (χ2v) is 4.92. The molecule has 0 radical (unpaired) electrons. The minimum atomic E-state index is 0.580. The fraction of sp³-hybridized carbons (Fsp3) is 0.583. The van der Waals surface area contributed by atoms with Crippen molar-refractivity contribution in [3.05, 3.63) is 28.5 Å². The molecule has 1 saturated heterocycles. The van der Waals surface area contributed by atoms with Gasteiger partial charge in [0, 0.05) is 18.3 Å². The van der Waals surface area contributed by atoms with E-state index in [9.17, 15) is 0 Å². The summed E-state index contributed by atoms with van der Waals surface area (Å²) in [5, 5.41) is 0. The molecule has 1 atom stereocenters. The standard InChI is InChI=1S/C12H18N2S/c1-9(2)14-7-3-4-11(14)10-5-6-12(15)13-8-10/h5-6,8-9,11H,3-4,7H2,1-2H3,(H,13,15)/t11-/m1/s1. The molecule has 1 aliphatic rings. The number of likely N-dealkylation sites (tertiary alicyclic amines) is 1. The van der Waals surface area contributed by atoms with Crippen molar-refractivity contribution in [2.75, 3.05) is 6.54 Å². The third-order valence-electron chi connectivity index (χ3n) is 3.15. The fourth-order valence-electron chi connectivity index (χ4n) is 2.39. The van der Waals surface area contributed by atoms with Crippen LogP contribution in [0.1, 0.15) is 38.3 Å². The lowest BCUT2D eigenvalue weighted by Gasteiger charge is -2.28. The molecular weight excluding hydrogens is 204 g/mol. The van der Waals surface area contributed by atoms with Crippen molar-refractivity contribution in [1.82, 2.24) is 9.88 Å². The highest BCUT2D eigenvalue weighted by Gasteiger charge is 2.27. The van der Waals surface area contributed by atoms with Crippen molar-refractivity contribution in [2.24, 2.45) is 0 Å². The largest absolute Gasteiger partial charge is 0.353 e. The highest BCUT2D eigenvalue weighted by atomic mass is 32.1. The van der Waals surface area contributed by atoms with Crippen LogP contribution >= 0.6 is 12.2 Å². The lowest BCUT2D eigenvalue weighted by molar-refractivity contribution is 0.205. The number of nitrogens with one attached hydrogen (secondary N) is 1. The zero-order valence-corrected chi connectivity index (χ0v) is 10.2. The molecule has 0 aliphatic carbocycles. The highest BCUT2D eigenvalue weighted by Crippen LogP contribution is 2.32. The Bertz CT molecular complexity index is 363. The minimum absolute atomic E-state index is 0.580. The van der Waals surface area contributed by atoms with E-state index in [2.05, 4.69) is 36.0 Å². The molecule has 0 unspecified atom stereocenters. The van der Waals surface area contributed by atoms with E-state index in [1.54, 1.807) is 0 Å². The first-order valence-electron chi connectivity index (χ1n) is 5.63. The van der Waals surface area contributed by atoms with E-state index in [0.29, 0.717) is 12.1 Å². The van der Waals surface area contributed by atoms with Gasteiger partial charge in [-0.15, -0.1) is 0 Å². The zero-order chi connectivity index (χ0) is 10.8. The summed E-state index contributed by atoms with van der Waals surface area (Å²) in [6.07, 6.45) is 4.63. The maximum atomic E-state index is 5.06. The molecule has 82 valence electrons. The van der Waals surface area contributed by atoms with Gasteiger partial charge in [-0.3, -0.25) is 4.90 Å². The number of aromatic amines is 1. The fourth-order valence-corrected chi connectivity index (χ4v) is 2.52. The Balaban J connectivity index is 2.22. The van der Waals surface area contributed by atoms with Crippen LogP contribution in [0.4, 0.5) is 0 Å². The number of pyridine rings is 1. The van der Waals surface area contributed by atoms with Gasteiger partial charge in [0.1, 0.15) is 4.64 Å². The second-order valence-electron chi connectivity index (χ2n) is 4.48. The van der Waals surface area contributed by atoms with Crippen molar-refractivity contribution in [3.8, 4) is 0 Å². The number of H-pyrrole nitrogens is 1. The summed E-state index contributed by atoms with van der Waals surface area (Å²) in [6, 6.07) is 5.35. The number of rotatable bonds is 2. The van der Waals surface area contributed by atoms with Crippen molar-refractivity contribution in [2.45, 2.75) is 38.8 Å². The predicted octanol–water partition coefficient (Wildman–Crippen LogP) is 3.29. The molecule has 0 spiro atoms. The van der Waals surface area contributed by atoms with E-state index in [0.717, 1.165) is 4.64 Å². The van der Waals surface area contributed by atoms with Crippen LogP contribution in [0.25, 0.3) is 0 Å². The molecule has 2 heterocycles. The Kier molecular flexibility index (Phi) is 3.22. The Hall–Kier alpha value is -0.670. The molecule has 3 heteroatoms. The first-order valence-corrected chi connectivity index (χ1v) is 6.03. The Morgan fingerprint density at radius 2 is 2.27 bits per heavy atom. The SMILES string of the molecule is CC(C)N1CCC[C@@H]1c1ccc(=S)[nH]c1. The van der Waals surface area contributed by atoms with Gasteiger partial charge < -0.3 is 4.98 Å². The third kappa shape index (κ3) is 2.29. The van der Waals surface area contributed by atoms with Gasteiger partial charge in [0.05, 0.1) is 0 Å². The molecule has 0 aromatic carbocycles. The molecular formula is C12H18N2S. The Morgan fingerprint density at radius 3 is 2.87 bits per heavy atom. The molecule has 1 aromatic rings. The Morgan fingerprint density at radius 1 is 1.47 bits per heavy atom. The van der Waals surface area contributed by atoms with E-state index in [1.807, 2.05) is 6.07 Å². The molecule has 1 aliphatic heterocycles. The molecule has 0 bridgehead atoms. The van der Waals surface area contributed by atoms with Crippen LogP contribution in [0.5, 0.6) is 0 Å². The maximum absolute atomic E-state index is 5.06. The lowest BCUT2D eigenvalue weighted by atomic mass is 10.1. The van der Waals surface area contributed by atoms with E-state index in [1.165, 1.54) is 24.9 Å². The first kappa shape index (κ1) is 10.8. The van der Waals surface area contributed by atoms with Crippen LogP contribution in [0.15, 0.2) is 18.3 Å². The average Bonchev–Trinajstić information content (AvgIpc) is 2.67. The van der Waals surface area contributed by atoms with Gasteiger partial charge in [0.15, 0.2) is 0 Å². The van der Waals surface area contributed by atoms with E-state index in [-0.39, 0.29) is 0 Å². The monoisotopic (exact) mass is 222 g/mol. The average molecular weight is 222 g/mol. The van der Waals surface area contributed by atoms with Gasteiger partial charge in [-0.05, 0) is 44.9 Å². The van der Waals surface area contributed by atoms with Crippen LogP contribution < -0.4 is 0 Å². The van der Waals surface area contributed by atoms with Crippen molar-refractivity contribution < 1.29 is 0 Å². The number of hydrogen-bond acceptors (Lipinski definition) is 2. The summed E-state index contributed by atoms with van der Waals surface area (Å²) in [5.41, 5.74) is 1.37. The van der Waals surface area contributed by atoms with Gasteiger partial charge >= 0.3 is 0 Å². The summed E-state index contributed by atoms with van der Waals surface area (Å²) in [6.45, 7) is 5.75. The van der Waals surface area contributed by atoms with Crippen LogP contribution in [-0.2, 0) is 0 Å². The van der Waals surface area contributed by atoms with Crippen LogP contribution in [0.3, 0.4) is 0 Å². The molecule has 1 aromatic heterocycles. The van der Waals surface area contributed by atoms with E-state index in [4.69, 9.17) is 12.2 Å². The van der Waals surface area contributed by atoms with Crippen molar-refractivity contribution in [1.29, 1.82) is 0 Å². The number of nitrogens with zero attached hydrogens (tertiary/aromatic N) is 1. The van der Waals surface area contributed by atoms with Gasteiger partial charge in [-0.2, -0.15) is 0 Å². The van der Waals surface area contributed by atoms with Crippen molar-refractivity contribution >= 4 is 12.2 Å². The van der Waals surface area contributed by atoms with Crippen LogP contribution in [-0.4, -0.2) is 22.5 Å². The molecule has 2 nitrogen and oxygen atoms in total. The topological polar surface area (TPSA) is 19.0 Å². The molecule has 0 amide bonds. The van der Waals surface area contributed by atoms with E-state index >= 15 is 0 Å². The number of hydrogen-bond donors (Lipinski definition) is 1. The summed E-state index contributed by atoms with van der Waals surface area (Å²) >= 11 is 5.06. The molecule has 2 rings (SSSR count). The van der Waals surface area contributed by atoms with Gasteiger partial charge in [0.2, 0.25) is 0 Å². The molecule has 1 fully saturated rings. The summed E-state index contributed by atoms with van der Waals surface area (Å²) < 4.78 is 0.813. The maximum Gasteiger partial charge on any atom is 0.103 e. The third-order valence-corrected chi connectivity index (χ3v) is 3.40. The van der Waals surface area contributed by atoms with E-state index < -0.39 is 0 Å². The zero-order valence-electron chi connectivity index (χ0n) is 9.36. The lowest BCUT2D eigenvalue weighted by Crippen LogP contribution is -2.30. The highest BCUT2D eigenvalue weighted by molar-refractivity contribution is 7.71. The van der Waals surface area contributed by atoms with Gasteiger partial charge in [-0.25, -0.2) is 0 Å². The molecule has 0 saturated carbocycles. The summed E-state index contributed by atoms with van der Waals surface area (Å²) in [5.74, 6) is 0. The summed E-state index contributed by atoms with van der Waals surface area (Å²) in [7, 11) is 0. The quantitative estimate of drug-likeness (QED) is 0.774. The number of aromatic nitrogens is 1. The molecule has 15 heavy (non-hydrogen) atoms. The second kappa shape index (κ2) is 4.45. The Labute approximate surface area is 96.3 Å². The first-order chi connectivity index (χ1) is 7.18. The normalized spacial score (nSPS) is 22.5.